The summed E-state index contributed by atoms with van der Waals surface area (Å²) in [5.74, 6) is -0.177. The molecule has 3 aromatic rings. The fourth-order valence-electron chi connectivity index (χ4n) is 4.69. The van der Waals surface area contributed by atoms with Gasteiger partial charge in [-0.2, -0.15) is 0 Å². The average molecular weight is 393 g/mol. The molecule has 0 bridgehead atoms. The zero-order chi connectivity index (χ0) is 20.8. The molecule has 3 atom stereocenters. The molecule has 0 saturated carbocycles. The first-order valence-electron chi connectivity index (χ1n) is 9.96. The van der Waals surface area contributed by atoms with Crippen molar-refractivity contribution in [2.45, 2.75) is 26.4 Å². The minimum Gasteiger partial charge on any atom is -0.465 e. The van der Waals surface area contributed by atoms with E-state index in [-0.39, 0.29) is 11.8 Å². The van der Waals surface area contributed by atoms with Gasteiger partial charge < -0.3 is 20.1 Å². The smallest absolute Gasteiger partial charge is 0.340 e. The number of aromatic amines is 1. The second kappa shape index (κ2) is 7.28. The molecule has 6 heteroatoms. The number of piperidine rings is 1. The number of esters is 1. The molecule has 0 aliphatic carbocycles. The third kappa shape index (κ3) is 3.03. The van der Waals surface area contributed by atoms with Crippen molar-refractivity contribution in [3.8, 4) is 11.1 Å². The molecule has 152 valence electrons. The molecule has 3 heterocycles. The van der Waals surface area contributed by atoms with Crippen molar-refractivity contribution in [1.29, 1.82) is 0 Å². The molecule has 1 aliphatic rings. The number of hydrogen-bond donors (Lipinski definition) is 3. The third-order valence-electron chi connectivity index (χ3n) is 6.35. The number of aromatic nitrogens is 2. The van der Waals surface area contributed by atoms with Crippen molar-refractivity contribution in [1.82, 2.24) is 15.3 Å². The molecule has 3 N–H and O–H groups in total. The van der Waals surface area contributed by atoms with Gasteiger partial charge in [0.15, 0.2) is 0 Å². The zero-order valence-corrected chi connectivity index (χ0v) is 17.2. The Morgan fingerprint density at radius 1 is 1.24 bits per heavy atom. The predicted molar refractivity (Wildman–Crippen MR) is 113 cm³/mol. The van der Waals surface area contributed by atoms with Gasteiger partial charge in [0.25, 0.3) is 0 Å². The standard InChI is InChI=1S/C23H27N3O3/c1-13-9-16(5-6-19(13)23(28)14(2)10-24-11-15(23)3)17-7-8-25-21-20(17)18(12-26-21)22(27)29-4/h5-9,12,14-15,24,28H,10-11H2,1-4H3,(H,25,26)/t14-,15+,23?. The minimum absolute atomic E-state index is 0.110. The number of nitrogens with one attached hydrogen (secondary N) is 2. The Morgan fingerprint density at radius 2 is 1.97 bits per heavy atom. The predicted octanol–water partition coefficient (Wildman–Crippen LogP) is 3.39. The third-order valence-corrected chi connectivity index (χ3v) is 6.35. The van der Waals surface area contributed by atoms with Crippen molar-refractivity contribution in [2.75, 3.05) is 20.2 Å². The largest absolute Gasteiger partial charge is 0.465 e. The van der Waals surface area contributed by atoms with Crippen LogP contribution in [-0.4, -0.2) is 41.2 Å². The number of aryl methyl sites for hydroxylation is 1. The summed E-state index contributed by atoms with van der Waals surface area (Å²) in [6, 6.07) is 8.03. The lowest BCUT2D eigenvalue weighted by molar-refractivity contribution is -0.0811. The molecule has 2 aromatic heterocycles. The van der Waals surface area contributed by atoms with Crippen LogP contribution in [0, 0.1) is 18.8 Å². The van der Waals surface area contributed by atoms with Gasteiger partial charge in [0, 0.05) is 42.7 Å². The van der Waals surface area contributed by atoms with Gasteiger partial charge in [-0.1, -0.05) is 32.0 Å². The summed E-state index contributed by atoms with van der Waals surface area (Å²) >= 11 is 0. The van der Waals surface area contributed by atoms with Crippen LogP contribution in [0.4, 0.5) is 0 Å². The van der Waals surface area contributed by atoms with E-state index in [9.17, 15) is 9.90 Å². The molecule has 0 spiro atoms. The Balaban J connectivity index is 1.84. The summed E-state index contributed by atoms with van der Waals surface area (Å²) in [5, 5.41) is 15.7. The fourth-order valence-corrected chi connectivity index (χ4v) is 4.69. The minimum atomic E-state index is -0.868. The zero-order valence-electron chi connectivity index (χ0n) is 17.2. The van der Waals surface area contributed by atoms with E-state index in [1.807, 2.05) is 25.1 Å². The summed E-state index contributed by atoms with van der Waals surface area (Å²) in [6.07, 6.45) is 3.36. The number of hydrogen-bond acceptors (Lipinski definition) is 5. The highest BCUT2D eigenvalue weighted by molar-refractivity contribution is 6.09. The van der Waals surface area contributed by atoms with Crippen LogP contribution in [0.15, 0.2) is 36.7 Å². The van der Waals surface area contributed by atoms with E-state index in [2.05, 4.69) is 35.2 Å². The van der Waals surface area contributed by atoms with Gasteiger partial charge in [-0.15, -0.1) is 0 Å². The van der Waals surface area contributed by atoms with Crippen LogP contribution in [0.1, 0.15) is 35.3 Å². The molecule has 29 heavy (non-hydrogen) atoms. The molecular formula is C23H27N3O3. The van der Waals surface area contributed by atoms with E-state index in [0.717, 1.165) is 40.7 Å². The number of carbonyl (C=O) groups is 1. The van der Waals surface area contributed by atoms with E-state index in [0.29, 0.717) is 11.2 Å². The number of methoxy groups -OCH3 is 1. The summed E-state index contributed by atoms with van der Waals surface area (Å²) in [4.78, 5) is 19.6. The monoisotopic (exact) mass is 393 g/mol. The maximum Gasteiger partial charge on any atom is 0.340 e. The molecular weight excluding hydrogens is 366 g/mol. The van der Waals surface area contributed by atoms with Crippen molar-refractivity contribution in [2.24, 2.45) is 11.8 Å². The normalized spacial score (nSPS) is 24.6. The van der Waals surface area contributed by atoms with E-state index >= 15 is 0 Å². The van der Waals surface area contributed by atoms with E-state index < -0.39 is 11.6 Å². The topological polar surface area (TPSA) is 87.2 Å². The van der Waals surface area contributed by atoms with E-state index in [1.54, 1.807) is 12.4 Å². The maximum absolute atomic E-state index is 12.2. The molecule has 0 radical (unpaired) electrons. The van der Waals surface area contributed by atoms with Crippen molar-refractivity contribution in [3.05, 3.63) is 53.3 Å². The second-order valence-electron chi connectivity index (χ2n) is 8.09. The van der Waals surface area contributed by atoms with Crippen LogP contribution in [0.25, 0.3) is 22.2 Å². The fraction of sp³-hybridized carbons (Fsp3) is 0.391. The van der Waals surface area contributed by atoms with Gasteiger partial charge in [0.05, 0.1) is 18.3 Å². The number of benzene rings is 1. The molecule has 4 rings (SSSR count). The van der Waals surface area contributed by atoms with Crippen LogP contribution in [-0.2, 0) is 10.3 Å². The Kier molecular flexibility index (Phi) is 4.92. The highest BCUT2D eigenvalue weighted by Gasteiger charge is 2.44. The number of pyridine rings is 1. The number of H-pyrrole nitrogens is 1. The summed E-state index contributed by atoms with van der Waals surface area (Å²) < 4.78 is 4.93. The number of ether oxygens (including phenoxy) is 1. The van der Waals surface area contributed by atoms with E-state index in [1.165, 1.54) is 7.11 Å². The molecule has 1 saturated heterocycles. The SMILES string of the molecule is COC(=O)c1c[nH]c2nccc(-c3ccc(C4(O)[C@H](C)CNC[C@@H]4C)c(C)c3)c12. The maximum atomic E-state index is 12.2. The van der Waals surface area contributed by atoms with Crippen molar-refractivity contribution >= 4 is 17.0 Å². The summed E-state index contributed by atoms with van der Waals surface area (Å²) in [5.41, 5.74) is 4.12. The highest BCUT2D eigenvalue weighted by Crippen LogP contribution is 2.41. The quantitative estimate of drug-likeness (QED) is 0.594. The Morgan fingerprint density at radius 3 is 2.62 bits per heavy atom. The number of fused-ring (bicyclic) bond motifs is 1. The molecule has 1 unspecified atom stereocenters. The highest BCUT2D eigenvalue weighted by atomic mass is 16.5. The lowest BCUT2D eigenvalue weighted by Crippen LogP contribution is -2.53. The van der Waals surface area contributed by atoms with E-state index in [4.69, 9.17) is 4.74 Å². The second-order valence-corrected chi connectivity index (χ2v) is 8.09. The lowest BCUT2D eigenvalue weighted by atomic mass is 9.70. The van der Waals surface area contributed by atoms with Gasteiger partial charge in [-0.3, -0.25) is 0 Å². The van der Waals surface area contributed by atoms with Crippen LogP contribution in [0.5, 0.6) is 0 Å². The van der Waals surface area contributed by atoms with Gasteiger partial charge in [-0.25, -0.2) is 9.78 Å². The van der Waals surface area contributed by atoms with Gasteiger partial charge >= 0.3 is 5.97 Å². The number of rotatable bonds is 3. The molecule has 1 aliphatic heterocycles. The van der Waals surface area contributed by atoms with Crippen LogP contribution >= 0.6 is 0 Å². The van der Waals surface area contributed by atoms with Gasteiger partial charge in [0.1, 0.15) is 5.65 Å². The molecule has 6 nitrogen and oxygen atoms in total. The first kappa shape index (κ1) is 19.6. The molecule has 0 amide bonds. The molecule has 1 aromatic carbocycles. The number of nitrogens with zero attached hydrogens (tertiary/aromatic N) is 1. The van der Waals surface area contributed by atoms with Gasteiger partial charge in [-0.05, 0) is 35.2 Å². The van der Waals surface area contributed by atoms with Gasteiger partial charge in [0.2, 0.25) is 0 Å². The first-order chi connectivity index (χ1) is 13.9. The number of carbonyl (C=O) groups excluding carboxylic acids is 1. The average Bonchev–Trinajstić information content (AvgIpc) is 3.15. The summed E-state index contributed by atoms with van der Waals surface area (Å²) in [7, 11) is 1.37. The van der Waals surface area contributed by atoms with Crippen LogP contribution in [0.2, 0.25) is 0 Å². The summed E-state index contributed by atoms with van der Waals surface area (Å²) in [6.45, 7) is 7.79. The van der Waals surface area contributed by atoms with Crippen molar-refractivity contribution < 1.29 is 14.6 Å². The van der Waals surface area contributed by atoms with Crippen LogP contribution in [0.3, 0.4) is 0 Å². The molecule has 1 fully saturated rings. The number of aliphatic hydroxyl groups is 1. The Hall–Kier alpha value is -2.70. The van der Waals surface area contributed by atoms with Crippen LogP contribution < -0.4 is 5.32 Å². The Bertz CT molecular complexity index is 1060. The van der Waals surface area contributed by atoms with Crippen molar-refractivity contribution in [3.63, 3.8) is 0 Å². The first-order valence-corrected chi connectivity index (χ1v) is 9.96. The lowest BCUT2D eigenvalue weighted by Gasteiger charge is -2.44. The Labute approximate surface area is 170 Å².